The van der Waals surface area contributed by atoms with E-state index in [1.165, 1.54) is 7.11 Å². The van der Waals surface area contributed by atoms with E-state index in [-0.39, 0.29) is 34.2 Å². The molecule has 0 bridgehead atoms. The van der Waals surface area contributed by atoms with Crippen LogP contribution in [-0.2, 0) is 25.5 Å². The maximum Gasteiger partial charge on any atom is 0.348 e. The summed E-state index contributed by atoms with van der Waals surface area (Å²) in [6, 6.07) is -0.0641. The molecular weight excluding hydrogens is 386 g/mol. The largest absolute Gasteiger partial charge is 0.465 e. The molecule has 0 aliphatic heterocycles. The van der Waals surface area contributed by atoms with Crippen LogP contribution in [0.25, 0.3) is 10.2 Å². The molecule has 0 aliphatic carbocycles. The summed E-state index contributed by atoms with van der Waals surface area (Å²) in [7, 11) is 1.21. The Morgan fingerprint density at radius 2 is 1.93 bits per heavy atom. The van der Waals surface area contributed by atoms with Crippen molar-refractivity contribution in [2.24, 2.45) is 5.92 Å². The van der Waals surface area contributed by atoms with Crippen LogP contribution in [0.1, 0.15) is 41.8 Å². The predicted octanol–water partition coefficient (Wildman–Crippen LogP) is 1.33. The molecule has 0 radical (unpaired) electrons. The van der Waals surface area contributed by atoms with Gasteiger partial charge in [0, 0.05) is 11.6 Å². The second-order valence-corrected chi connectivity index (χ2v) is 7.67. The molecule has 0 spiro atoms. The van der Waals surface area contributed by atoms with E-state index in [0.29, 0.717) is 10.7 Å². The van der Waals surface area contributed by atoms with E-state index in [9.17, 15) is 19.2 Å². The average molecular weight is 409 g/mol. The molecule has 2 aromatic rings. The van der Waals surface area contributed by atoms with E-state index in [1.54, 1.807) is 6.92 Å². The van der Waals surface area contributed by atoms with Crippen LogP contribution < -0.4 is 10.9 Å². The number of aromatic nitrogens is 2. The molecule has 2 rings (SSSR count). The Balaban J connectivity index is 2.20. The predicted molar refractivity (Wildman–Crippen MR) is 103 cm³/mol. The number of aromatic amines is 1. The number of fused-ring (bicyclic) bond motifs is 1. The van der Waals surface area contributed by atoms with Gasteiger partial charge in [0.05, 0.1) is 18.9 Å². The van der Waals surface area contributed by atoms with Gasteiger partial charge in [-0.2, -0.15) is 0 Å². The van der Waals surface area contributed by atoms with Crippen LogP contribution in [0.2, 0.25) is 0 Å². The van der Waals surface area contributed by atoms with E-state index in [2.05, 4.69) is 15.3 Å². The number of rotatable bonds is 7. The van der Waals surface area contributed by atoms with Gasteiger partial charge < -0.3 is 19.8 Å². The molecule has 1 amide bonds. The van der Waals surface area contributed by atoms with Gasteiger partial charge in [0.1, 0.15) is 15.5 Å². The normalized spacial score (nSPS) is 12.1. The Bertz CT molecular complexity index is 962. The molecule has 10 heteroatoms. The minimum absolute atomic E-state index is 0.0641. The number of hydrogen-bond acceptors (Lipinski definition) is 8. The summed E-state index contributed by atoms with van der Waals surface area (Å²) in [6.07, 6.45) is -0.356. The highest BCUT2D eigenvalue weighted by Gasteiger charge is 2.25. The van der Waals surface area contributed by atoms with Crippen LogP contribution >= 0.6 is 11.3 Å². The zero-order valence-electron chi connectivity index (χ0n) is 16.4. The lowest BCUT2D eigenvalue weighted by Gasteiger charge is -2.17. The smallest absolute Gasteiger partial charge is 0.348 e. The van der Waals surface area contributed by atoms with Crippen LogP contribution in [-0.4, -0.2) is 47.6 Å². The number of aryl methyl sites for hydroxylation is 1. The highest BCUT2D eigenvalue weighted by molar-refractivity contribution is 7.20. The second-order valence-electron chi connectivity index (χ2n) is 6.67. The van der Waals surface area contributed by atoms with Gasteiger partial charge in [0.15, 0.2) is 6.61 Å². The Labute approximate surface area is 165 Å². The van der Waals surface area contributed by atoms with Gasteiger partial charge in [-0.05, 0) is 19.8 Å². The molecule has 1 atom stereocenters. The van der Waals surface area contributed by atoms with E-state index >= 15 is 0 Å². The number of nitrogens with one attached hydrogen (secondary N) is 2. The second kappa shape index (κ2) is 8.96. The van der Waals surface area contributed by atoms with Crippen LogP contribution in [0.3, 0.4) is 0 Å². The fourth-order valence-electron chi connectivity index (χ4n) is 2.40. The molecule has 0 aliphatic rings. The molecule has 0 saturated carbocycles. The van der Waals surface area contributed by atoms with Crippen molar-refractivity contribution in [3.8, 4) is 0 Å². The highest BCUT2D eigenvalue weighted by Crippen LogP contribution is 2.29. The van der Waals surface area contributed by atoms with E-state index in [1.807, 2.05) is 20.8 Å². The molecule has 0 fully saturated rings. The highest BCUT2D eigenvalue weighted by atomic mass is 32.1. The van der Waals surface area contributed by atoms with Crippen molar-refractivity contribution < 1.29 is 23.9 Å². The third-order valence-corrected chi connectivity index (χ3v) is 5.33. The summed E-state index contributed by atoms with van der Waals surface area (Å²) in [5.41, 5.74) is -0.276. The van der Waals surface area contributed by atoms with Crippen LogP contribution in [0.5, 0.6) is 0 Å². The van der Waals surface area contributed by atoms with Gasteiger partial charge in [-0.15, -0.1) is 11.3 Å². The zero-order chi connectivity index (χ0) is 21.0. The number of carbonyl (C=O) groups excluding carboxylic acids is 3. The first-order valence-corrected chi connectivity index (χ1v) is 9.51. The Morgan fingerprint density at radius 3 is 2.54 bits per heavy atom. The van der Waals surface area contributed by atoms with Crippen LogP contribution in [0.4, 0.5) is 0 Å². The zero-order valence-corrected chi connectivity index (χ0v) is 17.2. The van der Waals surface area contributed by atoms with Gasteiger partial charge in [-0.1, -0.05) is 13.8 Å². The summed E-state index contributed by atoms with van der Waals surface area (Å²) < 4.78 is 9.75. The van der Waals surface area contributed by atoms with Crippen LogP contribution in [0, 0.1) is 12.8 Å². The summed E-state index contributed by atoms with van der Waals surface area (Å²) in [5, 5.41) is 2.87. The molecule has 2 N–H and O–H groups in total. The maximum atomic E-state index is 12.3. The minimum Gasteiger partial charge on any atom is -0.465 e. The number of amides is 1. The van der Waals surface area contributed by atoms with Gasteiger partial charge in [0.2, 0.25) is 0 Å². The number of esters is 2. The number of carbonyl (C=O) groups is 3. The number of nitrogens with zero attached hydrogens (tertiary/aromatic N) is 1. The van der Waals surface area contributed by atoms with Crippen molar-refractivity contribution >= 4 is 39.4 Å². The molecule has 28 heavy (non-hydrogen) atoms. The number of H-pyrrole nitrogens is 1. The monoisotopic (exact) mass is 409 g/mol. The lowest BCUT2D eigenvalue weighted by molar-refractivity contribution is -0.148. The third-order valence-electron chi connectivity index (χ3n) is 4.22. The lowest BCUT2D eigenvalue weighted by atomic mass is 10.1. The van der Waals surface area contributed by atoms with Crippen molar-refractivity contribution in [1.29, 1.82) is 0 Å². The van der Waals surface area contributed by atoms with Crippen molar-refractivity contribution in [3.63, 3.8) is 0 Å². The van der Waals surface area contributed by atoms with E-state index in [0.717, 1.165) is 11.3 Å². The lowest BCUT2D eigenvalue weighted by Crippen LogP contribution is -2.38. The molecule has 0 saturated heterocycles. The number of ether oxygens (including phenoxy) is 2. The first-order valence-electron chi connectivity index (χ1n) is 8.69. The molecule has 9 nitrogen and oxygen atoms in total. The van der Waals surface area contributed by atoms with Gasteiger partial charge >= 0.3 is 11.9 Å². The van der Waals surface area contributed by atoms with Gasteiger partial charge in [-0.25, -0.2) is 9.78 Å². The topological polar surface area (TPSA) is 127 Å². The van der Waals surface area contributed by atoms with Crippen LogP contribution in [0.15, 0.2) is 4.79 Å². The SMILES string of the molecule is COC(=O)c1sc2nc(C)[nH]c(=O)c2c1CC(=O)OCC(=O)N[C@H](C)C(C)C. The molecule has 2 heterocycles. The number of thiophene rings is 1. The van der Waals surface area contributed by atoms with E-state index < -0.39 is 30.0 Å². The molecular formula is C18H23N3O6S. The first-order chi connectivity index (χ1) is 13.1. The van der Waals surface area contributed by atoms with Gasteiger partial charge in [0.25, 0.3) is 11.5 Å². The summed E-state index contributed by atoms with van der Waals surface area (Å²) >= 11 is 0.970. The molecule has 0 aromatic carbocycles. The number of methoxy groups -OCH3 is 1. The van der Waals surface area contributed by atoms with Crippen molar-refractivity contribution in [2.45, 2.75) is 40.2 Å². The summed E-state index contributed by atoms with van der Waals surface area (Å²) in [6.45, 7) is 6.94. The van der Waals surface area contributed by atoms with Gasteiger partial charge in [-0.3, -0.25) is 14.4 Å². The van der Waals surface area contributed by atoms with Crippen molar-refractivity contribution in [1.82, 2.24) is 15.3 Å². The third kappa shape index (κ3) is 4.94. The first kappa shape index (κ1) is 21.5. The van der Waals surface area contributed by atoms with Crippen molar-refractivity contribution in [2.75, 3.05) is 13.7 Å². The Hall–Kier alpha value is -2.75. The minimum atomic E-state index is -0.739. The standard InChI is InChI=1S/C18H23N3O6S/c1-8(2)9(3)19-12(22)7-27-13(23)6-11-14-16(24)20-10(4)21-17(14)28-15(11)18(25)26-5/h8-9H,6-7H2,1-5H3,(H,19,22)(H,20,21,24)/t9-/m1/s1. The summed E-state index contributed by atoms with van der Waals surface area (Å²) in [5.74, 6) is -1.21. The fourth-order valence-corrected chi connectivity index (χ4v) is 3.56. The Morgan fingerprint density at radius 1 is 1.25 bits per heavy atom. The molecule has 2 aromatic heterocycles. The maximum absolute atomic E-state index is 12.3. The molecule has 0 unspecified atom stereocenters. The van der Waals surface area contributed by atoms with Crippen molar-refractivity contribution in [3.05, 3.63) is 26.6 Å². The fraction of sp³-hybridized carbons (Fsp3) is 0.500. The quantitative estimate of drug-likeness (QED) is 0.660. The average Bonchev–Trinajstić information content (AvgIpc) is 2.97. The molecule has 152 valence electrons. The Kier molecular flexibility index (Phi) is 6.90. The number of hydrogen-bond donors (Lipinski definition) is 2. The summed E-state index contributed by atoms with van der Waals surface area (Å²) in [4.78, 5) is 55.7. The van der Waals surface area contributed by atoms with E-state index in [4.69, 9.17) is 9.47 Å².